The molecule has 190 valence electrons. The summed E-state index contributed by atoms with van der Waals surface area (Å²) in [7, 11) is 0. The number of phenolic OH excluding ortho intramolecular Hbond substituents is 1. The van der Waals surface area contributed by atoms with Gasteiger partial charge >= 0.3 is 0 Å². The molecule has 6 heteroatoms. The van der Waals surface area contributed by atoms with Crippen LogP contribution in [0.5, 0.6) is 11.5 Å². The second-order valence-corrected chi connectivity index (χ2v) is 9.83. The Labute approximate surface area is 215 Å². The van der Waals surface area contributed by atoms with Gasteiger partial charge in [0.15, 0.2) is 11.6 Å². The van der Waals surface area contributed by atoms with Gasteiger partial charge in [-0.25, -0.2) is 8.78 Å². The maximum absolute atomic E-state index is 14.9. The fourth-order valence-corrected chi connectivity index (χ4v) is 5.57. The summed E-state index contributed by atoms with van der Waals surface area (Å²) in [5.74, 6) is -0.821. The number of ether oxygens (including phenoxy) is 2. The van der Waals surface area contributed by atoms with Gasteiger partial charge in [0.05, 0.1) is 6.61 Å². The largest absolute Gasteiger partial charge is 0.508 e. The van der Waals surface area contributed by atoms with Crippen molar-refractivity contribution in [3.8, 4) is 22.6 Å². The van der Waals surface area contributed by atoms with Gasteiger partial charge in [-0.3, -0.25) is 4.90 Å². The Morgan fingerprint density at radius 2 is 1.68 bits per heavy atom. The van der Waals surface area contributed by atoms with Gasteiger partial charge in [-0.05, 0) is 83.7 Å². The number of benzene rings is 4. The van der Waals surface area contributed by atoms with E-state index in [1.54, 1.807) is 18.2 Å². The number of rotatable bonds is 5. The van der Waals surface area contributed by atoms with Crippen molar-refractivity contribution >= 4 is 10.8 Å². The molecule has 0 aromatic heterocycles. The van der Waals surface area contributed by atoms with Crippen molar-refractivity contribution in [1.29, 1.82) is 0 Å². The summed E-state index contributed by atoms with van der Waals surface area (Å²) >= 11 is 0. The third kappa shape index (κ3) is 4.67. The zero-order chi connectivity index (χ0) is 25.4. The van der Waals surface area contributed by atoms with Gasteiger partial charge in [0.2, 0.25) is 0 Å². The molecule has 2 aliphatic rings. The smallest absolute Gasteiger partial charge is 0.164 e. The summed E-state index contributed by atoms with van der Waals surface area (Å²) in [5.41, 5.74) is 3.36. The fraction of sp³-hybridized carbons (Fsp3) is 0.290. The van der Waals surface area contributed by atoms with Crippen LogP contribution in [0.4, 0.5) is 8.78 Å². The zero-order valence-electron chi connectivity index (χ0n) is 20.6. The lowest BCUT2D eigenvalue weighted by Crippen LogP contribution is -2.33. The fourth-order valence-electron chi connectivity index (χ4n) is 5.57. The molecule has 2 aliphatic heterocycles. The third-order valence-corrected chi connectivity index (χ3v) is 7.50. The molecule has 0 aliphatic carbocycles. The van der Waals surface area contributed by atoms with Gasteiger partial charge in [-0.1, -0.05) is 42.8 Å². The Morgan fingerprint density at radius 3 is 2.49 bits per heavy atom. The maximum Gasteiger partial charge on any atom is 0.164 e. The molecule has 2 heterocycles. The van der Waals surface area contributed by atoms with Crippen LogP contribution >= 0.6 is 0 Å². The van der Waals surface area contributed by atoms with E-state index in [9.17, 15) is 13.9 Å². The highest BCUT2D eigenvalue weighted by molar-refractivity contribution is 5.94. The van der Waals surface area contributed by atoms with Crippen molar-refractivity contribution in [2.24, 2.45) is 0 Å². The van der Waals surface area contributed by atoms with Crippen LogP contribution in [0, 0.1) is 11.6 Å². The molecule has 0 saturated carbocycles. The first kappa shape index (κ1) is 23.9. The molecule has 37 heavy (non-hydrogen) atoms. The van der Waals surface area contributed by atoms with E-state index < -0.39 is 17.7 Å². The SMILES string of the molecule is Oc1ccc2c3c(ccc2c1)-c1ccc(F)c(F)c1COC3c1ccc(OCCN2CCCCC2)cc1. The highest BCUT2D eigenvalue weighted by atomic mass is 19.2. The van der Waals surface area contributed by atoms with Crippen LogP contribution in [0.15, 0.2) is 66.7 Å². The van der Waals surface area contributed by atoms with E-state index >= 15 is 0 Å². The Hall–Kier alpha value is -3.48. The second-order valence-electron chi connectivity index (χ2n) is 9.83. The second kappa shape index (κ2) is 10.1. The standard InChI is InChI=1S/C31H29F2NO3/c32-28-13-12-25-26-10-6-21-18-22(35)7-11-24(21)29(26)31(37-19-27(25)30(28)33)20-4-8-23(9-5-20)36-17-16-34-14-2-1-3-15-34/h4-13,18,31,35H,1-3,14-17,19H2. The summed E-state index contributed by atoms with van der Waals surface area (Å²) in [6.07, 6.45) is 3.31. The van der Waals surface area contributed by atoms with E-state index in [2.05, 4.69) is 4.90 Å². The number of likely N-dealkylation sites (tertiary alicyclic amines) is 1. The van der Waals surface area contributed by atoms with Gasteiger partial charge in [-0.2, -0.15) is 0 Å². The maximum atomic E-state index is 14.9. The number of halogens is 2. The molecule has 1 atom stereocenters. The van der Waals surface area contributed by atoms with E-state index in [1.165, 1.54) is 19.3 Å². The van der Waals surface area contributed by atoms with E-state index in [-0.39, 0.29) is 17.9 Å². The minimum atomic E-state index is -0.890. The molecule has 0 radical (unpaired) electrons. The van der Waals surface area contributed by atoms with Crippen LogP contribution in [0.2, 0.25) is 0 Å². The molecule has 1 fully saturated rings. The first-order valence-electron chi connectivity index (χ1n) is 12.9. The van der Waals surface area contributed by atoms with Crippen molar-refractivity contribution in [3.05, 3.63) is 95.1 Å². The molecule has 0 spiro atoms. The van der Waals surface area contributed by atoms with Crippen LogP contribution in [0.1, 0.15) is 42.1 Å². The van der Waals surface area contributed by atoms with E-state index in [1.807, 2.05) is 42.5 Å². The highest BCUT2D eigenvalue weighted by Gasteiger charge is 2.29. The molecular formula is C31H29F2NO3. The average molecular weight is 502 g/mol. The molecular weight excluding hydrogens is 472 g/mol. The van der Waals surface area contributed by atoms with Gasteiger partial charge in [-0.15, -0.1) is 0 Å². The summed E-state index contributed by atoms with van der Waals surface area (Å²) in [4.78, 5) is 2.44. The molecule has 0 bridgehead atoms. The summed E-state index contributed by atoms with van der Waals surface area (Å²) in [6.45, 7) is 3.76. The summed E-state index contributed by atoms with van der Waals surface area (Å²) < 4.78 is 41.3. The average Bonchev–Trinajstić information content (AvgIpc) is 3.09. The lowest BCUT2D eigenvalue weighted by atomic mass is 9.87. The van der Waals surface area contributed by atoms with Crippen LogP contribution in [0.25, 0.3) is 21.9 Å². The van der Waals surface area contributed by atoms with Crippen LogP contribution < -0.4 is 4.74 Å². The van der Waals surface area contributed by atoms with Crippen LogP contribution in [-0.2, 0) is 11.3 Å². The lowest BCUT2D eigenvalue weighted by molar-refractivity contribution is 0.0680. The topological polar surface area (TPSA) is 41.9 Å². The van der Waals surface area contributed by atoms with Crippen molar-refractivity contribution in [3.63, 3.8) is 0 Å². The molecule has 4 aromatic carbocycles. The predicted molar refractivity (Wildman–Crippen MR) is 140 cm³/mol. The molecule has 4 nitrogen and oxygen atoms in total. The first-order chi connectivity index (χ1) is 18.1. The van der Waals surface area contributed by atoms with Crippen molar-refractivity contribution in [2.75, 3.05) is 26.2 Å². The molecule has 0 amide bonds. The third-order valence-electron chi connectivity index (χ3n) is 7.50. The van der Waals surface area contributed by atoms with Gasteiger partial charge in [0, 0.05) is 17.7 Å². The normalized spacial score (nSPS) is 17.7. The monoisotopic (exact) mass is 501 g/mol. The van der Waals surface area contributed by atoms with E-state index in [0.29, 0.717) is 12.2 Å². The number of hydrogen-bond acceptors (Lipinski definition) is 4. The van der Waals surface area contributed by atoms with Crippen molar-refractivity contribution in [1.82, 2.24) is 4.90 Å². The highest BCUT2D eigenvalue weighted by Crippen LogP contribution is 2.45. The number of aromatic hydroxyl groups is 1. The molecule has 4 aromatic rings. The van der Waals surface area contributed by atoms with E-state index in [4.69, 9.17) is 9.47 Å². The Balaban J connectivity index is 1.34. The number of hydrogen-bond donors (Lipinski definition) is 1. The van der Waals surface area contributed by atoms with Gasteiger partial charge in [0.1, 0.15) is 24.2 Å². The number of nitrogens with zero attached hydrogens (tertiary/aromatic N) is 1. The quantitative estimate of drug-likeness (QED) is 0.321. The summed E-state index contributed by atoms with van der Waals surface area (Å²) in [5, 5.41) is 11.8. The summed E-state index contributed by atoms with van der Waals surface area (Å²) in [6, 6.07) is 19.6. The zero-order valence-corrected chi connectivity index (χ0v) is 20.6. The first-order valence-corrected chi connectivity index (χ1v) is 12.9. The Kier molecular flexibility index (Phi) is 6.53. The Bertz CT molecular complexity index is 1430. The van der Waals surface area contributed by atoms with Crippen LogP contribution in [-0.4, -0.2) is 36.2 Å². The van der Waals surface area contributed by atoms with Crippen molar-refractivity contribution < 1.29 is 23.4 Å². The van der Waals surface area contributed by atoms with Crippen molar-refractivity contribution in [2.45, 2.75) is 32.0 Å². The van der Waals surface area contributed by atoms with Gasteiger partial charge in [0.25, 0.3) is 0 Å². The molecule has 1 unspecified atom stereocenters. The minimum Gasteiger partial charge on any atom is -0.508 e. The molecule has 6 rings (SSSR count). The molecule has 1 N–H and O–H groups in total. The minimum absolute atomic E-state index is 0.0636. The predicted octanol–water partition coefficient (Wildman–Crippen LogP) is 6.97. The molecule has 1 saturated heterocycles. The number of fused-ring (bicyclic) bond motifs is 5. The van der Waals surface area contributed by atoms with Crippen LogP contribution in [0.3, 0.4) is 0 Å². The van der Waals surface area contributed by atoms with E-state index in [0.717, 1.165) is 58.9 Å². The van der Waals surface area contributed by atoms with Gasteiger partial charge < -0.3 is 14.6 Å². The number of phenols is 1. The lowest BCUT2D eigenvalue weighted by Gasteiger charge is -2.26. The number of piperidine rings is 1. The Morgan fingerprint density at radius 1 is 0.892 bits per heavy atom.